The molecule has 0 fully saturated rings. The van der Waals surface area contributed by atoms with Gasteiger partial charge < -0.3 is 5.73 Å². The molecule has 110 valence electrons. The van der Waals surface area contributed by atoms with Crippen LogP contribution in [0.4, 0.5) is 5.69 Å². The number of hydrogen-bond acceptors (Lipinski definition) is 2. The van der Waals surface area contributed by atoms with Gasteiger partial charge in [-0.15, -0.1) is 0 Å². The van der Waals surface area contributed by atoms with Gasteiger partial charge in [-0.1, -0.05) is 69.6 Å². The molecule has 0 aliphatic rings. The van der Waals surface area contributed by atoms with Crippen molar-refractivity contribution in [3.63, 3.8) is 0 Å². The third-order valence-corrected chi connectivity index (χ3v) is 5.04. The molecule has 0 aliphatic heterocycles. The largest absolute Gasteiger partial charge is 0.397 e. The molecule has 2 aromatic rings. The number of halogens is 6. The summed E-state index contributed by atoms with van der Waals surface area (Å²) in [5.74, 6) is -0.492. The number of anilines is 1. The molecule has 21 heavy (non-hydrogen) atoms. The molecular weight excluding hydrogens is 399 g/mol. The van der Waals surface area contributed by atoms with E-state index in [0.29, 0.717) is 0 Å². The van der Waals surface area contributed by atoms with Gasteiger partial charge in [0, 0.05) is 5.56 Å². The Kier molecular flexibility index (Phi) is 5.19. The van der Waals surface area contributed by atoms with Crippen LogP contribution in [0.5, 0.6) is 0 Å². The van der Waals surface area contributed by atoms with E-state index in [-0.39, 0.29) is 47.0 Å². The second-order valence-electron chi connectivity index (χ2n) is 4.03. The minimum atomic E-state index is -0.492. The van der Waals surface area contributed by atoms with E-state index in [4.69, 9.17) is 75.3 Å². The highest BCUT2D eigenvalue weighted by Gasteiger charge is 2.22. The molecule has 8 heteroatoms. The van der Waals surface area contributed by atoms with Crippen LogP contribution in [0, 0.1) is 0 Å². The van der Waals surface area contributed by atoms with Crippen molar-refractivity contribution in [2.24, 2.45) is 0 Å². The molecule has 0 unspecified atom stereocenters. The van der Waals surface area contributed by atoms with E-state index in [1.165, 1.54) is 18.2 Å². The molecule has 2 rings (SSSR count). The zero-order valence-corrected chi connectivity index (χ0v) is 14.5. The maximum absolute atomic E-state index is 12.5. The molecule has 2 nitrogen and oxygen atoms in total. The van der Waals surface area contributed by atoms with Crippen LogP contribution in [0.3, 0.4) is 0 Å². The molecule has 0 amide bonds. The van der Waals surface area contributed by atoms with Crippen LogP contribution in [0.15, 0.2) is 18.2 Å². The van der Waals surface area contributed by atoms with Gasteiger partial charge in [-0.3, -0.25) is 4.79 Å². The van der Waals surface area contributed by atoms with Crippen molar-refractivity contribution < 1.29 is 4.79 Å². The fraction of sp³-hybridized carbons (Fsp3) is 0. The van der Waals surface area contributed by atoms with Gasteiger partial charge in [0.05, 0.1) is 41.4 Å². The van der Waals surface area contributed by atoms with Crippen molar-refractivity contribution in [1.82, 2.24) is 0 Å². The first-order valence-corrected chi connectivity index (χ1v) is 7.63. The summed E-state index contributed by atoms with van der Waals surface area (Å²) in [5.41, 5.74) is 6.06. The number of nitrogen functional groups attached to an aromatic ring is 1. The number of benzene rings is 2. The van der Waals surface area contributed by atoms with Gasteiger partial charge >= 0.3 is 0 Å². The summed E-state index contributed by atoms with van der Waals surface area (Å²) in [7, 11) is 0. The molecule has 2 aromatic carbocycles. The highest BCUT2D eigenvalue weighted by molar-refractivity contribution is 6.51. The van der Waals surface area contributed by atoms with Gasteiger partial charge in [0.2, 0.25) is 0 Å². The highest BCUT2D eigenvalue weighted by atomic mass is 35.5. The Hall–Kier alpha value is -0.350. The number of ketones is 1. The van der Waals surface area contributed by atoms with Gasteiger partial charge in [0.1, 0.15) is 0 Å². The first kappa shape index (κ1) is 17.0. The summed E-state index contributed by atoms with van der Waals surface area (Å²) in [5, 5.41) is 0.538. The van der Waals surface area contributed by atoms with Gasteiger partial charge in [-0.2, -0.15) is 0 Å². The van der Waals surface area contributed by atoms with Crippen LogP contribution in [0.2, 0.25) is 30.1 Å². The lowest BCUT2D eigenvalue weighted by Crippen LogP contribution is -2.05. The lowest BCUT2D eigenvalue weighted by molar-refractivity contribution is 0.103. The first-order valence-electron chi connectivity index (χ1n) is 5.36. The maximum Gasteiger partial charge on any atom is 0.196 e. The lowest BCUT2D eigenvalue weighted by Gasteiger charge is -2.11. The number of carbonyl (C=O) groups excluding carboxylic acids is 1. The Morgan fingerprint density at radius 3 is 1.90 bits per heavy atom. The van der Waals surface area contributed by atoms with E-state index in [2.05, 4.69) is 0 Å². The molecule has 0 aliphatic carbocycles. The van der Waals surface area contributed by atoms with E-state index in [0.717, 1.165) is 0 Å². The van der Waals surface area contributed by atoms with E-state index in [1.807, 2.05) is 0 Å². The summed E-state index contributed by atoms with van der Waals surface area (Å²) < 4.78 is 0. The molecule has 0 saturated heterocycles. The maximum atomic E-state index is 12.5. The van der Waals surface area contributed by atoms with Crippen LogP contribution in [-0.2, 0) is 0 Å². The predicted molar refractivity (Wildman–Crippen MR) is 90.8 cm³/mol. The third-order valence-electron chi connectivity index (χ3n) is 2.66. The summed E-state index contributed by atoms with van der Waals surface area (Å²) >= 11 is 35.6. The molecule has 0 radical (unpaired) electrons. The zero-order valence-electron chi connectivity index (χ0n) is 9.99. The number of hydrogen-bond donors (Lipinski definition) is 1. The van der Waals surface area contributed by atoms with Crippen molar-refractivity contribution >= 4 is 81.1 Å². The van der Waals surface area contributed by atoms with Crippen molar-refractivity contribution in [1.29, 1.82) is 0 Å². The van der Waals surface area contributed by atoms with Gasteiger partial charge in [0.25, 0.3) is 0 Å². The summed E-state index contributed by atoms with van der Waals surface area (Å²) in [4.78, 5) is 12.5. The fourth-order valence-corrected chi connectivity index (χ4v) is 3.08. The Morgan fingerprint density at radius 1 is 0.762 bits per heavy atom. The van der Waals surface area contributed by atoms with Crippen molar-refractivity contribution in [3.05, 3.63) is 59.5 Å². The van der Waals surface area contributed by atoms with Gasteiger partial charge in [-0.25, -0.2) is 0 Å². The van der Waals surface area contributed by atoms with Gasteiger partial charge in [-0.05, 0) is 18.2 Å². The highest BCUT2D eigenvalue weighted by Crippen LogP contribution is 2.39. The summed E-state index contributed by atoms with van der Waals surface area (Å²) in [6.07, 6.45) is 0. The number of carbonyl (C=O) groups is 1. The van der Waals surface area contributed by atoms with Crippen LogP contribution in [-0.4, -0.2) is 5.78 Å². The van der Waals surface area contributed by atoms with Crippen molar-refractivity contribution in [2.45, 2.75) is 0 Å². The van der Waals surface area contributed by atoms with E-state index >= 15 is 0 Å². The summed E-state index contributed by atoms with van der Waals surface area (Å²) in [6, 6.07) is 4.09. The van der Waals surface area contributed by atoms with Crippen LogP contribution in [0.1, 0.15) is 15.9 Å². The molecule has 0 atom stereocenters. The molecule has 2 N–H and O–H groups in total. The monoisotopic (exact) mass is 401 g/mol. The molecule has 0 saturated carbocycles. The SMILES string of the molecule is Nc1cc(C(=O)c2c(Cl)cc(Cl)c(Cl)c2Cl)cc(Cl)c1Cl. The second-order valence-corrected chi connectivity index (χ2v) is 6.39. The Bertz CT molecular complexity index is 736. The van der Waals surface area contributed by atoms with E-state index < -0.39 is 5.78 Å². The minimum absolute atomic E-state index is 0.0190. The minimum Gasteiger partial charge on any atom is -0.397 e. The number of nitrogens with two attached hydrogens (primary N) is 1. The molecule has 0 spiro atoms. The Balaban J connectivity index is 2.64. The van der Waals surface area contributed by atoms with Crippen molar-refractivity contribution in [3.8, 4) is 0 Å². The summed E-state index contributed by atoms with van der Waals surface area (Å²) in [6.45, 7) is 0. The standard InChI is InChI=1S/C13H5Cl6NO/c14-5-3-7(16)11(18)12(19)9(5)13(21)4-1-6(15)10(17)8(20)2-4/h1-3H,20H2. The average molecular weight is 404 g/mol. The van der Waals surface area contributed by atoms with Crippen LogP contribution in [0.25, 0.3) is 0 Å². The Labute approximate surface area is 150 Å². The zero-order chi connectivity index (χ0) is 15.9. The fourth-order valence-electron chi connectivity index (χ4n) is 1.66. The third kappa shape index (κ3) is 3.21. The average Bonchev–Trinajstić information content (AvgIpc) is 2.41. The predicted octanol–water partition coefficient (Wildman–Crippen LogP) is 6.42. The lowest BCUT2D eigenvalue weighted by atomic mass is 10.0. The van der Waals surface area contributed by atoms with Crippen LogP contribution < -0.4 is 5.73 Å². The smallest absolute Gasteiger partial charge is 0.196 e. The quantitative estimate of drug-likeness (QED) is 0.272. The van der Waals surface area contributed by atoms with Gasteiger partial charge in [0.15, 0.2) is 5.78 Å². The normalized spacial score (nSPS) is 10.8. The van der Waals surface area contributed by atoms with E-state index in [9.17, 15) is 4.79 Å². The molecule has 0 heterocycles. The molecular formula is C13H5Cl6NO. The molecule has 0 bridgehead atoms. The Morgan fingerprint density at radius 2 is 1.33 bits per heavy atom. The first-order chi connectivity index (χ1) is 9.73. The van der Waals surface area contributed by atoms with E-state index in [1.54, 1.807) is 0 Å². The van der Waals surface area contributed by atoms with Crippen LogP contribution >= 0.6 is 69.6 Å². The number of rotatable bonds is 2. The second kappa shape index (κ2) is 6.41. The molecule has 0 aromatic heterocycles. The topological polar surface area (TPSA) is 43.1 Å². The van der Waals surface area contributed by atoms with Crippen molar-refractivity contribution in [2.75, 3.05) is 5.73 Å².